The molecule has 0 saturated heterocycles. The first-order valence-electron chi connectivity index (χ1n) is 7.32. The van der Waals surface area contributed by atoms with Crippen molar-refractivity contribution in [1.82, 2.24) is 9.47 Å². The zero-order valence-corrected chi connectivity index (χ0v) is 14.0. The predicted octanol–water partition coefficient (Wildman–Crippen LogP) is 1.45. The number of benzene rings is 1. The number of halogens is 1. The third-order valence-electron chi connectivity index (χ3n) is 3.55. The van der Waals surface area contributed by atoms with Crippen molar-refractivity contribution >= 4 is 18.3 Å². The average molecular weight is 336 g/mol. The van der Waals surface area contributed by atoms with Crippen molar-refractivity contribution in [3.05, 3.63) is 70.1 Å². The topological polar surface area (TPSA) is 68.3 Å². The minimum atomic E-state index is -0.283. The molecule has 0 saturated carbocycles. The van der Waals surface area contributed by atoms with E-state index in [4.69, 9.17) is 5.73 Å². The van der Waals surface area contributed by atoms with Crippen LogP contribution in [0.15, 0.2) is 53.5 Å². The van der Waals surface area contributed by atoms with Gasteiger partial charge >= 0.3 is 0 Å². The van der Waals surface area contributed by atoms with E-state index >= 15 is 0 Å². The highest BCUT2D eigenvalue weighted by Crippen LogP contribution is 2.05. The molecule has 6 heteroatoms. The third kappa shape index (κ3) is 4.94. The molecule has 0 spiro atoms. The van der Waals surface area contributed by atoms with Gasteiger partial charge in [-0.25, -0.2) is 0 Å². The average Bonchev–Trinajstić information content (AvgIpc) is 2.54. The van der Waals surface area contributed by atoms with Gasteiger partial charge in [0.2, 0.25) is 0 Å². The van der Waals surface area contributed by atoms with Gasteiger partial charge in [0.25, 0.3) is 11.5 Å². The van der Waals surface area contributed by atoms with Gasteiger partial charge in [0.1, 0.15) is 5.56 Å². The minimum absolute atomic E-state index is 0. The monoisotopic (exact) mass is 335 g/mol. The Morgan fingerprint density at radius 1 is 1.13 bits per heavy atom. The summed E-state index contributed by atoms with van der Waals surface area (Å²) in [6, 6.07) is 13.2. The molecule has 23 heavy (non-hydrogen) atoms. The van der Waals surface area contributed by atoms with Crippen LogP contribution in [0.3, 0.4) is 0 Å². The van der Waals surface area contributed by atoms with Gasteiger partial charge in [-0.05, 0) is 24.1 Å². The van der Waals surface area contributed by atoms with E-state index in [1.807, 2.05) is 30.3 Å². The molecule has 1 heterocycles. The zero-order valence-electron chi connectivity index (χ0n) is 13.1. The number of hydrogen-bond donors (Lipinski definition) is 1. The number of aryl methyl sites for hydroxylation is 1. The number of amides is 1. The molecule has 0 radical (unpaired) electrons. The van der Waals surface area contributed by atoms with Crippen LogP contribution >= 0.6 is 12.4 Å². The molecule has 5 nitrogen and oxygen atoms in total. The Labute approximate surface area is 142 Å². The van der Waals surface area contributed by atoms with Crippen LogP contribution in [0.5, 0.6) is 0 Å². The Balaban J connectivity index is 0.00000264. The van der Waals surface area contributed by atoms with E-state index in [-0.39, 0.29) is 29.4 Å². The van der Waals surface area contributed by atoms with E-state index in [9.17, 15) is 9.59 Å². The number of pyridine rings is 1. The highest BCUT2D eigenvalue weighted by atomic mass is 35.5. The van der Waals surface area contributed by atoms with Gasteiger partial charge in [-0.3, -0.25) is 9.59 Å². The number of carbonyl (C=O) groups is 1. The lowest BCUT2D eigenvalue weighted by Gasteiger charge is -2.22. The second-order valence-electron chi connectivity index (χ2n) is 5.15. The van der Waals surface area contributed by atoms with Crippen molar-refractivity contribution in [3.63, 3.8) is 0 Å². The molecule has 0 bridgehead atoms. The van der Waals surface area contributed by atoms with Crippen molar-refractivity contribution in [3.8, 4) is 0 Å². The summed E-state index contributed by atoms with van der Waals surface area (Å²) in [5.74, 6) is -0.261. The second-order valence-corrected chi connectivity index (χ2v) is 5.15. The van der Waals surface area contributed by atoms with Crippen molar-refractivity contribution in [1.29, 1.82) is 0 Å². The Morgan fingerprint density at radius 2 is 1.83 bits per heavy atom. The van der Waals surface area contributed by atoms with Crippen molar-refractivity contribution in [2.45, 2.75) is 6.42 Å². The maximum Gasteiger partial charge on any atom is 0.263 e. The number of aromatic nitrogens is 1. The molecule has 0 atom stereocenters. The normalized spacial score (nSPS) is 10.0. The Kier molecular flexibility index (Phi) is 7.51. The fourth-order valence-electron chi connectivity index (χ4n) is 2.31. The number of carbonyl (C=O) groups excluding carboxylic acids is 1. The highest BCUT2D eigenvalue weighted by molar-refractivity contribution is 5.93. The van der Waals surface area contributed by atoms with E-state index in [1.54, 1.807) is 30.3 Å². The summed E-state index contributed by atoms with van der Waals surface area (Å²) in [5, 5.41) is 0. The maximum absolute atomic E-state index is 12.6. The predicted molar refractivity (Wildman–Crippen MR) is 94.0 cm³/mol. The van der Waals surface area contributed by atoms with Crippen LogP contribution in [-0.4, -0.2) is 35.0 Å². The molecule has 2 aromatic rings. The summed E-state index contributed by atoms with van der Waals surface area (Å²) < 4.78 is 1.41. The largest absolute Gasteiger partial charge is 0.337 e. The molecule has 0 fully saturated rings. The van der Waals surface area contributed by atoms with Gasteiger partial charge in [-0.1, -0.05) is 30.3 Å². The van der Waals surface area contributed by atoms with E-state index in [2.05, 4.69) is 0 Å². The fourth-order valence-corrected chi connectivity index (χ4v) is 2.31. The van der Waals surface area contributed by atoms with Crippen molar-refractivity contribution in [2.75, 3.05) is 19.6 Å². The van der Waals surface area contributed by atoms with Crippen LogP contribution in [0.2, 0.25) is 0 Å². The Bertz CT molecular complexity index is 686. The quantitative estimate of drug-likeness (QED) is 0.868. The van der Waals surface area contributed by atoms with Crippen molar-refractivity contribution in [2.24, 2.45) is 12.8 Å². The molecular formula is C17H22ClN3O2. The Hall–Kier alpha value is -2.11. The van der Waals surface area contributed by atoms with E-state index in [0.717, 1.165) is 12.0 Å². The molecule has 124 valence electrons. The molecule has 2 rings (SSSR count). The molecule has 0 aliphatic heterocycles. The van der Waals surface area contributed by atoms with Crippen molar-refractivity contribution < 1.29 is 4.79 Å². The molecule has 1 aromatic heterocycles. The lowest BCUT2D eigenvalue weighted by Crippen LogP contribution is -2.40. The summed E-state index contributed by atoms with van der Waals surface area (Å²) in [4.78, 5) is 26.3. The van der Waals surface area contributed by atoms with Crippen LogP contribution in [0.4, 0.5) is 0 Å². The lowest BCUT2D eigenvalue weighted by atomic mass is 10.1. The first-order valence-corrected chi connectivity index (χ1v) is 7.32. The summed E-state index contributed by atoms with van der Waals surface area (Å²) in [6.45, 7) is 1.34. The molecule has 1 aromatic carbocycles. The molecular weight excluding hydrogens is 314 g/mol. The number of rotatable bonds is 6. The number of nitrogens with two attached hydrogens (primary N) is 1. The van der Waals surface area contributed by atoms with Gasteiger partial charge in [0, 0.05) is 32.9 Å². The molecule has 0 aliphatic rings. The summed E-state index contributed by atoms with van der Waals surface area (Å²) in [5.41, 5.74) is 6.66. The molecule has 2 N–H and O–H groups in total. The van der Waals surface area contributed by atoms with E-state index in [0.29, 0.717) is 19.6 Å². The van der Waals surface area contributed by atoms with Gasteiger partial charge in [0.15, 0.2) is 0 Å². The summed E-state index contributed by atoms with van der Waals surface area (Å²) >= 11 is 0. The van der Waals surface area contributed by atoms with Gasteiger partial charge in [-0.2, -0.15) is 0 Å². The second kappa shape index (κ2) is 9.12. The number of hydrogen-bond acceptors (Lipinski definition) is 3. The molecule has 0 unspecified atom stereocenters. The summed E-state index contributed by atoms with van der Waals surface area (Å²) in [6.07, 6.45) is 2.37. The van der Waals surface area contributed by atoms with Crippen LogP contribution in [-0.2, 0) is 13.5 Å². The number of nitrogens with zero attached hydrogens (tertiary/aromatic N) is 2. The van der Waals surface area contributed by atoms with Crippen LogP contribution in [0.1, 0.15) is 15.9 Å². The van der Waals surface area contributed by atoms with Gasteiger partial charge < -0.3 is 15.2 Å². The highest BCUT2D eigenvalue weighted by Gasteiger charge is 2.18. The maximum atomic E-state index is 12.6. The van der Waals surface area contributed by atoms with Gasteiger partial charge in [-0.15, -0.1) is 12.4 Å². The smallest absolute Gasteiger partial charge is 0.263 e. The lowest BCUT2D eigenvalue weighted by molar-refractivity contribution is 0.0759. The molecule has 0 aliphatic carbocycles. The minimum Gasteiger partial charge on any atom is -0.337 e. The SMILES string of the molecule is Cl.Cn1cccc(C(=O)N(CCN)CCc2ccccc2)c1=O. The van der Waals surface area contributed by atoms with Crippen LogP contribution < -0.4 is 11.3 Å². The molecule has 1 amide bonds. The first-order chi connectivity index (χ1) is 10.6. The van der Waals surface area contributed by atoms with Gasteiger partial charge in [0.05, 0.1) is 0 Å². The fraction of sp³-hybridized carbons (Fsp3) is 0.294. The van der Waals surface area contributed by atoms with E-state index in [1.165, 1.54) is 4.57 Å². The van der Waals surface area contributed by atoms with Crippen LogP contribution in [0.25, 0.3) is 0 Å². The Morgan fingerprint density at radius 3 is 2.48 bits per heavy atom. The summed E-state index contributed by atoms with van der Waals surface area (Å²) in [7, 11) is 1.64. The van der Waals surface area contributed by atoms with Crippen LogP contribution in [0, 0.1) is 0 Å². The standard InChI is InChI=1S/C17H21N3O2.ClH/c1-19-11-5-8-15(16(19)21)17(22)20(13-10-18)12-9-14-6-3-2-4-7-14;/h2-8,11H,9-10,12-13,18H2,1H3;1H. The third-order valence-corrected chi connectivity index (χ3v) is 3.55. The zero-order chi connectivity index (χ0) is 15.9. The van der Waals surface area contributed by atoms with E-state index < -0.39 is 0 Å². The first kappa shape index (κ1) is 18.9.